The van der Waals surface area contributed by atoms with Crippen LogP contribution in [0.4, 0.5) is 0 Å². The number of hydrogen-bond donors (Lipinski definition) is 1. The van der Waals surface area contributed by atoms with Crippen molar-refractivity contribution in [2.24, 2.45) is 5.73 Å². The van der Waals surface area contributed by atoms with E-state index in [0.717, 1.165) is 0 Å². The first-order chi connectivity index (χ1) is 7.20. The van der Waals surface area contributed by atoms with E-state index >= 15 is 0 Å². The molecule has 3 heteroatoms. The highest BCUT2D eigenvalue weighted by molar-refractivity contribution is 5.40. The SMILES string of the molecule is COc1ccc(C2(C3(N)CC3)CC2)cn1. The lowest BCUT2D eigenvalue weighted by Crippen LogP contribution is -2.37. The number of pyridine rings is 1. The molecule has 0 radical (unpaired) electrons. The molecule has 3 rings (SSSR count). The van der Waals surface area contributed by atoms with Crippen LogP contribution in [0.15, 0.2) is 18.3 Å². The molecule has 0 unspecified atom stereocenters. The minimum atomic E-state index is 0.0727. The molecule has 0 atom stereocenters. The van der Waals surface area contributed by atoms with E-state index in [0.29, 0.717) is 5.88 Å². The average Bonchev–Trinajstić information content (AvgIpc) is 3.13. The Kier molecular flexibility index (Phi) is 1.67. The van der Waals surface area contributed by atoms with Gasteiger partial charge in [-0.2, -0.15) is 0 Å². The van der Waals surface area contributed by atoms with Gasteiger partial charge in [-0.3, -0.25) is 0 Å². The van der Waals surface area contributed by atoms with Crippen molar-refractivity contribution >= 4 is 0 Å². The Bertz CT molecular complexity index is 377. The fraction of sp³-hybridized carbons (Fsp3) is 0.583. The summed E-state index contributed by atoms with van der Waals surface area (Å²) in [6.07, 6.45) is 6.70. The van der Waals surface area contributed by atoms with E-state index in [1.807, 2.05) is 12.3 Å². The summed E-state index contributed by atoms with van der Waals surface area (Å²) in [5.41, 5.74) is 7.94. The number of rotatable bonds is 3. The zero-order valence-corrected chi connectivity index (χ0v) is 8.99. The summed E-state index contributed by atoms with van der Waals surface area (Å²) in [7, 11) is 1.64. The van der Waals surface area contributed by atoms with Crippen molar-refractivity contribution in [1.29, 1.82) is 0 Å². The Morgan fingerprint density at radius 3 is 2.40 bits per heavy atom. The van der Waals surface area contributed by atoms with Crippen LogP contribution >= 0.6 is 0 Å². The second-order valence-electron chi connectivity index (χ2n) is 4.83. The first-order valence-corrected chi connectivity index (χ1v) is 5.50. The van der Waals surface area contributed by atoms with Gasteiger partial charge in [-0.15, -0.1) is 0 Å². The van der Waals surface area contributed by atoms with Crippen LogP contribution in [0.2, 0.25) is 0 Å². The van der Waals surface area contributed by atoms with Crippen LogP contribution in [0.3, 0.4) is 0 Å². The first kappa shape index (κ1) is 9.16. The molecule has 15 heavy (non-hydrogen) atoms. The highest BCUT2D eigenvalue weighted by atomic mass is 16.5. The minimum absolute atomic E-state index is 0.0727. The fourth-order valence-electron chi connectivity index (χ4n) is 2.60. The van der Waals surface area contributed by atoms with Gasteiger partial charge in [-0.1, -0.05) is 6.07 Å². The molecule has 3 nitrogen and oxygen atoms in total. The number of ether oxygens (including phenoxy) is 1. The molecule has 2 aliphatic rings. The average molecular weight is 204 g/mol. The number of methoxy groups -OCH3 is 1. The largest absolute Gasteiger partial charge is 0.481 e. The first-order valence-electron chi connectivity index (χ1n) is 5.50. The molecule has 2 saturated carbocycles. The van der Waals surface area contributed by atoms with Crippen molar-refractivity contribution in [2.75, 3.05) is 7.11 Å². The van der Waals surface area contributed by atoms with Crippen LogP contribution in [-0.2, 0) is 5.41 Å². The lowest BCUT2D eigenvalue weighted by molar-refractivity contribution is 0.396. The predicted molar refractivity (Wildman–Crippen MR) is 57.9 cm³/mol. The minimum Gasteiger partial charge on any atom is -0.481 e. The Labute approximate surface area is 89.6 Å². The van der Waals surface area contributed by atoms with Crippen LogP contribution in [-0.4, -0.2) is 17.6 Å². The molecule has 1 aromatic rings. The second kappa shape index (κ2) is 2.73. The maximum Gasteiger partial charge on any atom is 0.212 e. The van der Waals surface area contributed by atoms with Crippen LogP contribution in [0, 0.1) is 0 Å². The lowest BCUT2D eigenvalue weighted by atomic mass is 9.87. The zero-order chi connectivity index (χ0) is 10.5. The summed E-state index contributed by atoms with van der Waals surface area (Å²) in [4.78, 5) is 4.27. The van der Waals surface area contributed by atoms with Crippen molar-refractivity contribution in [1.82, 2.24) is 4.98 Å². The molecule has 0 spiro atoms. The van der Waals surface area contributed by atoms with Crippen LogP contribution < -0.4 is 10.5 Å². The quantitative estimate of drug-likeness (QED) is 0.813. The van der Waals surface area contributed by atoms with E-state index in [2.05, 4.69) is 11.1 Å². The van der Waals surface area contributed by atoms with Gasteiger partial charge in [0, 0.05) is 23.2 Å². The Hall–Kier alpha value is -1.09. The Morgan fingerprint density at radius 2 is 2.00 bits per heavy atom. The standard InChI is InChI=1S/C12H16N2O/c1-15-10-3-2-9(8-14-10)11(4-5-11)12(13)6-7-12/h2-3,8H,4-7,13H2,1H3. The van der Waals surface area contributed by atoms with Gasteiger partial charge in [-0.25, -0.2) is 4.98 Å². The zero-order valence-electron chi connectivity index (χ0n) is 8.99. The van der Waals surface area contributed by atoms with Gasteiger partial charge in [0.1, 0.15) is 0 Å². The van der Waals surface area contributed by atoms with Crippen LogP contribution in [0.1, 0.15) is 31.2 Å². The summed E-state index contributed by atoms with van der Waals surface area (Å²) < 4.78 is 5.06. The van der Waals surface area contributed by atoms with Gasteiger partial charge in [0.05, 0.1) is 7.11 Å². The van der Waals surface area contributed by atoms with E-state index in [4.69, 9.17) is 10.5 Å². The van der Waals surface area contributed by atoms with Crippen LogP contribution in [0.25, 0.3) is 0 Å². The van der Waals surface area contributed by atoms with Crippen molar-refractivity contribution < 1.29 is 4.74 Å². The second-order valence-corrected chi connectivity index (χ2v) is 4.83. The molecular formula is C12H16N2O. The molecule has 0 aliphatic heterocycles. The maximum absolute atomic E-state index is 6.33. The number of hydrogen-bond acceptors (Lipinski definition) is 3. The topological polar surface area (TPSA) is 48.1 Å². The van der Waals surface area contributed by atoms with Gasteiger partial charge in [0.15, 0.2) is 0 Å². The van der Waals surface area contributed by atoms with Crippen molar-refractivity contribution in [2.45, 2.75) is 36.6 Å². The maximum atomic E-state index is 6.33. The highest BCUT2D eigenvalue weighted by Gasteiger charge is 2.64. The third-order valence-corrected chi connectivity index (χ3v) is 3.99. The molecule has 0 bridgehead atoms. The third-order valence-electron chi connectivity index (χ3n) is 3.99. The van der Waals surface area contributed by atoms with Crippen molar-refractivity contribution in [3.05, 3.63) is 23.9 Å². The summed E-state index contributed by atoms with van der Waals surface area (Å²) in [5, 5.41) is 0. The van der Waals surface area contributed by atoms with E-state index in [-0.39, 0.29) is 11.0 Å². The Balaban J connectivity index is 1.93. The van der Waals surface area contributed by atoms with Crippen LogP contribution in [0.5, 0.6) is 5.88 Å². The van der Waals surface area contributed by atoms with E-state index < -0.39 is 0 Å². The van der Waals surface area contributed by atoms with Gasteiger partial charge in [0.2, 0.25) is 5.88 Å². The molecule has 80 valence electrons. The predicted octanol–water partition coefficient (Wildman–Crippen LogP) is 1.61. The van der Waals surface area contributed by atoms with Gasteiger partial charge >= 0.3 is 0 Å². The molecular weight excluding hydrogens is 188 g/mol. The van der Waals surface area contributed by atoms with Gasteiger partial charge < -0.3 is 10.5 Å². The van der Waals surface area contributed by atoms with E-state index in [1.165, 1.54) is 31.2 Å². The highest BCUT2D eigenvalue weighted by Crippen LogP contribution is 2.63. The van der Waals surface area contributed by atoms with E-state index in [9.17, 15) is 0 Å². The summed E-state index contributed by atoms with van der Waals surface area (Å²) in [6.45, 7) is 0. The van der Waals surface area contributed by atoms with E-state index in [1.54, 1.807) is 7.11 Å². The smallest absolute Gasteiger partial charge is 0.212 e. The summed E-state index contributed by atoms with van der Waals surface area (Å²) in [5.74, 6) is 0.677. The number of nitrogens with two attached hydrogens (primary N) is 1. The lowest BCUT2D eigenvalue weighted by Gasteiger charge is -2.22. The number of aromatic nitrogens is 1. The normalized spacial score (nSPS) is 24.7. The molecule has 2 fully saturated rings. The van der Waals surface area contributed by atoms with Crippen molar-refractivity contribution in [3.63, 3.8) is 0 Å². The monoisotopic (exact) mass is 204 g/mol. The molecule has 0 aromatic carbocycles. The Morgan fingerprint density at radius 1 is 1.27 bits per heavy atom. The van der Waals surface area contributed by atoms with Crippen molar-refractivity contribution in [3.8, 4) is 5.88 Å². The molecule has 0 saturated heterocycles. The molecule has 2 N–H and O–H groups in total. The van der Waals surface area contributed by atoms with Gasteiger partial charge in [-0.05, 0) is 31.2 Å². The van der Waals surface area contributed by atoms with Gasteiger partial charge in [0.25, 0.3) is 0 Å². The molecule has 1 heterocycles. The molecule has 1 aromatic heterocycles. The third kappa shape index (κ3) is 1.19. The summed E-state index contributed by atoms with van der Waals surface area (Å²) >= 11 is 0. The molecule has 0 amide bonds. The summed E-state index contributed by atoms with van der Waals surface area (Å²) in [6, 6.07) is 4.05. The fourth-order valence-corrected chi connectivity index (χ4v) is 2.60. The molecule has 2 aliphatic carbocycles. The number of nitrogens with zero attached hydrogens (tertiary/aromatic N) is 1.